The summed E-state index contributed by atoms with van der Waals surface area (Å²) in [6, 6.07) is 3.70. The van der Waals surface area contributed by atoms with Gasteiger partial charge in [0.15, 0.2) is 0 Å². The topological polar surface area (TPSA) is 78.8 Å². The van der Waals surface area contributed by atoms with E-state index in [1.807, 2.05) is 0 Å². The molecule has 1 aliphatic carbocycles. The third-order valence-corrected chi connectivity index (χ3v) is 3.96. The summed E-state index contributed by atoms with van der Waals surface area (Å²) in [5.41, 5.74) is -0.267. The van der Waals surface area contributed by atoms with Gasteiger partial charge in [-0.1, -0.05) is 12.1 Å². The SMILES string of the molecule is COCC(=O)N[C@H]1[C@H](O)[C@H](O)C[C@@H]1c1ccc(C(F)(F)F)cc1. The van der Waals surface area contributed by atoms with Gasteiger partial charge >= 0.3 is 6.18 Å². The highest BCUT2D eigenvalue weighted by Crippen LogP contribution is 2.37. The molecule has 1 fully saturated rings. The molecule has 0 heterocycles. The molecule has 8 heteroatoms. The van der Waals surface area contributed by atoms with Gasteiger partial charge in [0.25, 0.3) is 0 Å². The van der Waals surface area contributed by atoms with Crippen LogP contribution < -0.4 is 5.32 Å². The second kappa shape index (κ2) is 6.86. The zero-order valence-corrected chi connectivity index (χ0v) is 12.4. The number of halogens is 3. The number of aliphatic hydroxyl groups is 2. The summed E-state index contributed by atoms with van der Waals surface area (Å²) < 4.78 is 42.5. The summed E-state index contributed by atoms with van der Waals surface area (Å²) in [6.45, 7) is -0.209. The van der Waals surface area contributed by atoms with Gasteiger partial charge in [-0.2, -0.15) is 13.2 Å². The first kappa shape index (κ1) is 17.7. The minimum absolute atomic E-state index is 0.143. The van der Waals surface area contributed by atoms with E-state index < -0.39 is 41.8 Å². The van der Waals surface area contributed by atoms with E-state index in [-0.39, 0.29) is 13.0 Å². The van der Waals surface area contributed by atoms with Gasteiger partial charge in [0, 0.05) is 13.0 Å². The normalized spacial score (nSPS) is 27.9. The zero-order chi connectivity index (χ0) is 17.2. The van der Waals surface area contributed by atoms with Crippen LogP contribution in [0.4, 0.5) is 13.2 Å². The molecule has 0 bridgehead atoms. The van der Waals surface area contributed by atoms with E-state index in [1.165, 1.54) is 19.2 Å². The van der Waals surface area contributed by atoms with Crippen LogP contribution in [0.1, 0.15) is 23.5 Å². The molecule has 0 spiro atoms. The first-order valence-electron chi connectivity index (χ1n) is 7.05. The van der Waals surface area contributed by atoms with Gasteiger partial charge in [0.1, 0.15) is 12.7 Å². The van der Waals surface area contributed by atoms with Crippen LogP contribution in [0.25, 0.3) is 0 Å². The highest BCUT2D eigenvalue weighted by atomic mass is 19.4. The van der Waals surface area contributed by atoms with Crippen molar-refractivity contribution in [3.05, 3.63) is 35.4 Å². The van der Waals surface area contributed by atoms with E-state index in [2.05, 4.69) is 10.1 Å². The number of hydrogen-bond donors (Lipinski definition) is 3. The average molecular weight is 333 g/mol. The number of ether oxygens (including phenoxy) is 1. The number of carbonyl (C=O) groups is 1. The molecule has 1 aromatic rings. The van der Waals surface area contributed by atoms with Crippen molar-refractivity contribution in [2.45, 2.75) is 36.8 Å². The average Bonchev–Trinajstić information content (AvgIpc) is 2.75. The fraction of sp³-hybridized carbons (Fsp3) is 0.533. The Labute approximate surface area is 131 Å². The smallest absolute Gasteiger partial charge is 0.390 e. The van der Waals surface area contributed by atoms with Crippen molar-refractivity contribution in [3.8, 4) is 0 Å². The van der Waals surface area contributed by atoms with E-state index in [4.69, 9.17) is 0 Å². The molecule has 0 radical (unpaired) electrons. The van der Waals surface area contributed by atoms with Crippen LogP contribution in [-0.2, 0) is 15.7 Å². The number of methoxy groups -OCH3 is 1. The Morgan fingerprint density at radius 1 is 1.30 bits per heavy atom. The van der Waals surface area contributed by atoms with E-state index in [1.54, 1.807) is 0 Å². The Morgan fingerprint density at radius 2 is 1.91 bits per heavy atom. The first-order valence-corrected chi connectivity index (χ1v) is 7.05. The van der Waals surface area contributed by atoms with E-state index >= 15 is 0 Å². The monoisotopic (exact) mass is 333 g/mol. The maximum Gasteiger partial charge on any atom is 0.416 e. The zero-order valence-electron chi connectivity index (χ0n) is 12.4. The predicted octanol–water partition coefficient (Wildman–Crippen LogP) is 1.05. The number of aliphatic hydroxyl groups excluding tert-OH is 2. The van der Waals surface area contributed by atoms with Crippen LogP contribution >= 0.6 is 0 Å². The molecule has 4 atom stereocenters. The van der Waals surface area contributed by atoms with Crippen molar-refractivity contribution in [3.63, 3.8) is 0 Å². The molecule has 2 rings (SSSR count). The quantitative estimate of drug-likeness (QED) is 0.769. The van der Waals surface area contributed by atoms with Crippen LogP contribution in [0.5, 0.6) is 0 Å². The Kier molecular flexibility index (Phi) is 5.28. The second-order valence-electron chi connectivity index (χ2n) is 5.55. The third-order valence-electron chi connectivity index (χ3n) is 3.96. The molecule has 0 saturated heterocycles. The maximum absolute atomic E-state index is 12.6. The summed E-state index contributed by atoms with van der Waals surface area (Å²) in [6.07, 6.45) is -6.54. The van der Waals surface area contributed by atoms with Gasteiger partial charge in [-0.05, 0) is 24.1 Å². The fourth-order valence-corrected chi connectivity index (χ4v) is 2.83. The summed E-state index contributed by atoms with van der Waals surface area (Å²) in [7, 11) is 1.34. The molecule has 3 N–H and O–H groups in total. The highest BCUT2D eigenvalue weighted by molar-refractivity contribution is 5.77. The lowest BCUT2D eigenvalue weighted by atomic mass is 9.92. The van der Waals surface area contributed by atoms with E-state index in [0.717, 1.165) is 12.1 Å². The lowest BCUT2D eigenvalue weighted by Gasteiger charge is -2.24. The molecule has 1 saturated carbocycles. The molecule has 0 aliphatic heterocycles. The van der Waals surface area contributed by atoms with Gasteiger partial charge < -0.3 is 20.3 Å². The molecule has 23 heavy (non-hydrogen) atoms. The summed E-state index contributed by atoms with van der Waals surface area (Å²) >= 11 is 0. The minimum Gasteiger partial charge on any atom is -0.390 e. The van der Waals surface area contributed by atoms with Gasteiger partial charge in [-0.3, -0.25) is 4.79 Å². The Bertz CT molecular complexity index is 547. The summed E-state index contributed by atoms with van der Waals surface area (Å²) in [5, 5.41) is 22.4. The number of alkyl halides is 3. The lowest BCUT2D eigenvalue weighted by Crippen LogP contribution is -2.46. The van der Waals surface area contributed by atoms with Crippen molar-refractivity contribution in [2.75, 3.05) is 13.7 Å². The Balaban J connectivity index is 2.20. The minimum atomic E-state index is -4.43. The Hall–Kier alpha value is -1.64. The Morgan fingerprint density at radius 3 is 2.43 bits per heavy atom. The van der Waals surface area contributed by atoms with Crippen molar-refractivity contribution < 1.29 is 32.9 Å². The second-order valence-corrected chi connectivity index (χ2v) is 5.55. The third kappa shape index (κ3) is 4.01. The van der Waals surface area contributed by atoms with E-state index in [0.29, 0.717) is 5.56 Å². The molecule has 128 valence electrons. The number of carbonyl (C=O) groups excluding carboxylic acids is 1. The fourth-order valence-electron chi connectivity index (χ4n) is 2.83. The number of nitrogens with one attached hydrogen (secondary N) is 1. The van der Waals surface area contributed by atoms with Crippen molar-refractivity contribution in [1.29, 1.82) is 0 Å². The first-order chi connectivity index (χ1) is 10.7. The van der Waals surface area contributed by atoms with Gasteiger partial charge in [0.05, 0.1) is 17.7 Å². The number of benzene rings is 1. The summed E-state index contributed by atoms with van der Waals surface area (Å²) in [4.78, 5) is 11.6. The molecule has 1 aliphatic rings. The number of rotatable bonds is 4. The van der Waals surface area contributed by atoms with Crippen LogP contribution in [-0.4, -0.2) is 48.1 Å². The lowest BCUT2D eigenvalue weighted by molar-refractivity contribution is -0.137. The van der Waals surface area contributed by atoms with Crippen molar-refractivity contribution in [1.82, 2.24) is 5.32 Å². The molecule has 0 aromatic heterocycles. The van der Waals surface area contributed by atoms with Gasteiger partial charge in [-0.25, -0.2) is 0 Å². The molecule has 1 aromatic carbocycles. The van der Waals surface area contributed by atoms with Crippen molar-refractivity contribution >= 4 is 5.91 Å². The number of amides is 1. The largest absolute Gasteiger partial charge is 0.416 e. The van der Waals surface area contributed by atoms with Gasteiger partial charge in [-0.15, -0.1) is 0 Å². The van der Waals surface area contributed by atoms with Crippen LogP contribution in [0.15, 0.2) is 24.3 Å². The van der Waals surface area contributed by atoms with Gasteiger partial charge in [0.2, 0.25) is 5.91 Å². The highest BCUT2D eigenvalue weighted by Gasteiger charge is 2.43. The van der Waals surface area contributed by atoms with Crippen molar-refractivity contribution in [2.24, 2.45) is 0 Å². The molecule has 0 unspecified atom stereocenters. The summed E-state index contributed by atoms with van der Waals surface area (Å²) in [5.74, 6) is -0.953. The van der Waals surface area contributed by atoms with E-state index in [9.17, 15) is 28.2 Å². The standard InChI is InChI=1S/C15H18F3NO4/c1-23-7-12(21)19-13-10(6-11(20)14(13)22)8-2-4-9(5-3-8)15(16,17)18/h2-5,10-11,13-14,20,22H,6-7H2,1H3,(H,19,21)/t10-,11-,13-,14-/m1/s1. The molecule has 5 nitrogen and oxygen atoms in total. The van der Waals surface area contributed by atoms with Crippen LogP contribution in [0.2, 0.25) is 0 Å². The maximum atomic E-state index is 12.6. The van der Waals surface area contributed by atoms with Crippen LogP contribution in [0, 0.1) is 0 Å². The number of hydrogen-bond acceptors (Lipinski definition) is 4. The van der Waals surface area contributed by atoms with Crippen LogP contribution in [0.3, 0.4) is 0 Å². The predicted molar refractivity (Wildman–Crippen MR) is 74.6 cm³/mol. The molecule has 1 amide bonds. The molecular formula is C15H18F3NO4. The molecular weight excluding hydrogens is 315 g/mol.